The topological polar surface area (TPSA) is 71.2 Å². The molecule has 1 heterocycles. The second-order valence-electron chi connectivity index (χ2n) is 5.59. The number of benzene rings is 2. The highest BCUT2D eigenvalue weighted by atomic mass is 16.5. The van der Waals surface area contributed by atoms with E-state index in [1.807, 2.05) is 48.5 Å². The first-order valence-electron chi connectivity index (χ1n) is 8.14. The molecule has 0 aliphatic carbocycles. The van der Waals surface area contributed by atoms with Crippen LogP contribution in [0.5, 0.6) is 0 Å². The van der Waals surface area contributed by atoms with Crippen molar-refractivity contribution in [3.05, 3.63) is 72.1 Å². The van der Waals surface area contributed by atoms with Crippen molar-refractivity contribution in [1.82, 2.24) is 15.5 Å². The monoisotopic (exact) mass is 323 g/mol. The van der Waals surface area contributed by atoms with Crippen molar-refractivity contribution in [3.63, 3.8) is 0 Å². The lowest BCUT2D eigenvalue weighted by atomic mass is 10.0. The van der Waals surface area contributed by atoms with E-state index in [2.05, 4.69) is 27.6 Å². The van der Waals surface area contributed by atoms with Crippen LogP contribution < -0.4 is 5.32 Å². The largest absolute Gasteiger partial charge is 0.396 e. The number of hydrogen-bond donors (Lipinski definition) is 2. The maximum atomic E-state index is 9.11. The predicted molar refractivity (Wildman–Crippen MR) is 92.1 cm³/mol. The van der Waals surface area contributed by atoms with E-state index in [0.717, 1.165) is 18.4 Å². The first-order chi connectivity index (χ1) is 11.9. The highest BCUT2D eigenvalue weighted by molar-refractivity contribution is 5.51. The summed E-state index contributed by atoms with van der Waals surface area (Å²) in [6, 6.07) is 20.1. The van der Waals surface area contributed by atoms with Gasteiger partial charge in [-0.25, -0.2) is 0 Å². The Labute approximate surface area is 141 Å². The molecule has 2 N–H and O–H groups in total. The standard InChI is InChI=1S/C19H21N3O2/c23-13-7-12-17(15-8-3-1-4-9-15)20-14-18-21-19(24-22-18)16-10-5-2-6-11-16/h1-6,8-11,17,20,23H,7,12-14H2. The average molecular weight is 323 g/mol. The number of nitrogens with zero attached hydrogens (tertiary/aromatic N) is 2. The van der Waals surface area contributed by atoms with Gasteiger partial charge in [-0.3, -0.25) is 0 Å². The fourth-order valence-corrected chi connectivity index (χ4v) is 2.61. The maximum absolute atomic E-state index is 9.11. The lowest BCUT2D eigenvalue weighted by Gasteiger charge is -2.17. The Bertz CT molecular complexity index is 729. The van der Waals surface area contributed by atoms with Crippen molar-refractivity contribution < 1.29 is 9.63 Å². The van der Waals surface area contributed by atoms with Crippen LogP contribution in [0.1, 0.15) is 30.3 Å². The summed E-state index contributed by atoms with van der Waals surface area (Å²) in [7, 11) is 0. The van der Waals surface area contributed by atoms with Gasteiger partial charge in [-0.2, -0.15) is 4.98 Å². The molecule has 0 aliphatic heterocycles. The smallest absolute Gasteiger partial charge is 0.257 e. The van der Waals surface area contributed by atoms with Gasteiger partial charge in [0.05, 0.1) is 6.54 Å². The van der Waals surface area contributed by atoms with Gasteiger partial charge in [-0.15, -0.1) is 0 Å². The molecule has 24 heavy (non-hydrogen) atoms. The van der Waals surface area contributed by atoms with Crippen molar-refractivity contribution >= 4 is 0 Å². The highest BCUT2D eigenvalue weighted by Gasteiger charge is 2.13. The van der Waals surface area contributed by atoms with E-state index < -0.39 is 0 Å². The first kappa shape index (κ1) is 16.4. The lowest BCUT2D eigenvalue weighted by Crippen LogP contribution is -2.22. The van der Waals surface area contributed by atoms with Crippen LogP contribution in [0.3, 0.4) is 0 Å². The molecule has 0 saturated heterocycles. The van der Waals surface area contributed by atoms with Crippen LogP contribution in [0, 0.1) is 0 Å². The van der Waals surface area contributed by atoms with E-state index in [0.29, 0.717) is 18.3 Å². The van der Waals surface area contributed by atoms with Gasteiger partial charge in [0, 0.05) is 18.2 Å². The minimum Gasteiger partial charge on any atom is -0.396 e. The molecule has 2 aromatic carbocycles. The zero-order valence-corrected chi connectivity index (χ0v) is 13.4. The SMILES string of the molecule is OCCCC(NCc1noc(-c2ccccc2)n1)c1ccccc1. The Hall–Kier alpha value is -2.50. The summed E-state index contributed by atoms with van der Waals surface area (Å²) in [4.78, 5) is 4.44. The molecule has 1 aromatic heterocycles. The molecular formula is C19H21N3O2. The summed E-state index contributed by atoms with van der Waals surface area (Å²) in [5.41, 5.74) is 2.11. The van der Waals surface area contributed by atoms with Gasteiger partial charge in [0.2, 0.25) is 0 Å². The third-order valence-corrected chi connectivity index (χ3v) is 3.85. The number of hydrogen-bond acceptors (Lipinski definition) is 5. The Kier molecular flexibility index (Phi) is 5.71. The quantitative estimate of drug-likeness (QED) is 0.665. The number of nitrogens with one attached hydrogen (secondary N) is 1. The van der Waals surface area contributed by atoms with Crippen LogP contribution in [0.4, 0.5) is 0 Å². The minimum absolute atomic E-state index is 0.150. The second kappa shape index (κ2) is 8.38. The van der Waals surface area contributed by atoms with Crippen molar-refractivity contribution in [3.8, 4) is 11.5 Å². The first-order valence-corrected chi connectivity index (χ1v) is 8.14. The molecule has 5 heteroatoms. The van der Waals surface area contributed by atoms with Crippen molar-refractivity contribution in [2.45, 2.75) is 25.4 Å². The van der Waals surface area contributed by atoms with Crippen molar-refractivity contribution in [2.75, 3.05) is 6.61 Å². The van der Waals surface area contributed by atoms with Gasteiger partial charge in [0.25, 0.3) is 5.89 Å². The summed E-state index contributed by atoms with van der Waals surface area (Å²) in [5.74, 6) is 1.15. The fraction of sp³-hybridized carbons (Fsp3) is 0.263. The molecule has 1 atom stereocenters. The van der Waals surface area contributed by atoms with Crippen LogP contribution in [-0.4, -0.2) is 21.9 Å². The van der Waals surface area contributed by atoms with Crippen molar-refractivity contribution in [1.29, 1.82) is 0 Å². The van der Waals surface area contributed by atoms with Crippen LogP contribution in [0.15, 0.2) is 65.2 Å². The number of aliphatic hydroxyl groups excluding tert-OH is 1. The average Bonchev–Trinajstić information content (AvgIpc) is 3.12. The molecule has 3 rings (SSSR count). The Morgan fingerprint density at radius 2 is 1.71 bits per heavy atom. The molecule has 0 radical (unpaired) electrons. The zero-order chi connectivity index (χ0) is 16.6. The van der Waals surface area contributed by atoms with Gasteiger partial charge in [-0.1, -0.05) is 53.7 Å². The van der Waals surface area contributed by atoms with Crippen LogP contribution in [0.2, 0.25) is 0 Å². The van der Waals surface area contributed by atoms with E-state index in [1.165, 1.54) is 5.56 Å². The Morgan fingerprint density at radius 3 is 2.42 bits per heavy atom. The van der Waals surface area contributed by atoms with E-state index >= 15 is 0 Å². The van der Waals surface area contributed by atoms with Gasteiger partial charge in [-0.05, 0) is 30.5 Å². The molecule has 5 nitrogen and oxygen atoms in total. The normalized spacial score (nSPS) is 12.2. The molecule has 3 aromatic rings. The van der Waals surface area contributed by atoms with E-state index in [4.69, 9.17) is 9.63 Å². The Morgan fingerprint density at radius 1 is 1.00 bits per heavy atom. The lowest BCUT2D eigenvalue weighted by molar-refractivity contribution is 0.274. The van der Waals surface area contributed by atoms with Crippen LogP contribution in [-0.2, 0) is 6.54 Å². The van der Waals surface area contributed by atoms with E-state index in [1.54, 1.807) is 0 Å². The molecule has 0 spiro atoms. The highest BCUT2D eigenvalue weighted by Crippen LogP contribution is 2.20. The van der Waals surface area contributed by atoms with E-state index in [-0.39, 0.29) is 12.6 Å². The number of aliphatic hydroxyl groups is 1. The predicted octanol–water partition coefficient (Wildman–Crippen LogP) is 3.34. The summed E-state index contributed by atoms with van der Waals surface area (Å²) in [5, 5.41) is 16.6. The summed E-state index contributed by atoms with van der Waals surface area (Å²) >= 11 is 0. The summed E-state index contributed by atoms with van der Waals surface area (Å²) in [6.07, 6.45) is 1.60. The number of rotatable bonds is 8. The Balaban J connectivity index is 1.65. The molecular weight excluding hydrogens is 302 g/mol. The molecule has 0 fully saturated rings. The van der Waals surface area contributed by atoms with Crippen LogP contribution >= 0.6 is 0 Å². The molecule has 0 aliphatic rings. The number of aromatic nitrogens is 2. The van der Waals surface area contributed by atoms with Gasteiger partial charge < -0.3 is 14.9 Å². The molecule has 0 saturated carbocycles. The minimum atomic E-state index is 0.150. The maximum Gasteiger partial charge on any atom is 0.257 e. The fourth-order valence-electron chi connectivity index (χ4n) is 2.61. The molecule has 124 valence electrons. The summed E-state index contributed by atoms with van der Waals surface area (Å²) in [6.45, 7) is 0.701. The van der Waals surface area contributed by atoms with Gasteiger partial charge >= 0.3 is 0 Å². The van der Waals surface area contributed by atoms with E-state index in [9.17, 15) is 0 Å². The molecule has 0 bridgehead atoms. The van der Waals surface area contributed by atoms with Gasteiger partial charge in [0.15, 0.2) is 5.82 Å². The van der Waals surface area contributed by atoms with Crippen LogP contribution in [0.25, 0.3) is 11.5 Å². The summed E-state index contributed by atoms with van der Waals surface area (Å²) < 4.78 is 5.33. The third-order valence-electron chi connectivity index (χ3n) is 3.85. The van der Waals surface area contributed by atoms with Gasteiger partial charge in [0.1, 0.15) is 0 Å². The third kappa shape index (κ3) is 4.28. The molecule has 0 amide bonds. The zero-order valence-electron chi connectivity index (χ0n) is 13.4. The molecule has 1 unspecified atom stereocenters. The second-order valence-corrected chi connectivity index (χ2v) is 5.59. The van der Waals surface area contributed by atoms with Crippen molar-refractivity contribution in [2.24, 2.45) is 0 Å².